The van der Waals surface area contributed by atoms with Gasteiger partial charge in [-0.1, -0.05) is 0 Å². The van der Waals surface area contributed by atoms with Crippen LogP contribution in [0.1, 0.15) is 0 Å². The van der Waals surface area contributed by atoms with Gasteiger partial charge in [0.1, 0.15) is 18.3 Å². The molecule has 0 aromatic heterocycles. The fraction of sp³-hybridized carbons (Fsp3) is 0.833. The lowest BCUT2D eigenvalue weighted by atomic mass is 10.1. The summed E-state index contributed by atoms with van der Waals surface area (Å²) in [5.74, 6) is -0.241. The maximum atomic E-state index is 9.30. The third-order valence-electron chi connectivity index (χ3n) is 1.79. The number of rotatable bonds is 2. The number of ether oxygens (including phenoxy) is 1. The monoisotopic (exact) mass is 191 g/mol. The first-order valence-electron chi connectivity index (χ1n) is 3.77. The predicted molar refractivity (Wildman–Crippen MR) is 43.6 cm³/mol. The molecule has 7 nitrogen and oxygen atoms in total. The lowest BCUT2D eigenvalue weighted by Gasteiger charge is -2.10. The zero-order chi connectivity index (χ0) is 10.0. The van der Waals surface area contributed by atoms with Crippen LogP contribution < -0.4 is 11.5 Å². The van der Waals surface area contributed by atoms with Crippen molar-refractivity contribution in [1.29, 1.82) is 0 Å². The topological polar surface area (TPSA) is 134 Å². The van der Waals surface area contributed by atoms with Crippen molar-refractivity contribution in [3.63, 3.8) is 0 Å². The molecule has 13 heavy (non-hydrogen) atoms. The molecule has 0 saturated carbocycles. The van der Waals surface area contributed by atoms with E-state index in [0.717, 1.165) is 0 Å². The second kappa shape index (κ2) is 3.88. The average Bonchev–Trinajstić information content (AvgIpc) is 2.32. The third kappa shape index (κ3) is 2.07. The normalized spacial score (nSPS) is 39.0. The summed E-state index contributed by atoms with van der Waals surface area (Å²) in [4.78, 5) is 3.53. The molecule has 0 bridgehead atoms. The molecule has 76 valence electrons. The predicted octanol–water partition coefficient (Wildman–Crippen LogP) is -3.30. The number of guanidine groups is 1. The van der Waals surface area contributed by atoms with Crippen LogP contribution in [0.25, 0.3) is 0 Å². The molecule has 0 spiro atoms. The summed E-state index contributed by atoms with van der Waals surface area (Å²) in [5.41, 5.74) is 10.1. The summed E-state index contributed by atoms with van der Waals surface area (Å²) in [6.07, 6.45) is -4.22. The van der Waals surface area contributed by atoms with E-state index < -0.39 is 31.1 Å². The Morgan fingerprint density at radius 3 is 2.31 bits per heavy atom. The first-order chi connectivity index (χ1) is 6.06. The first kappa shape index (κ1) is 10.2. The summed E-state index contributed by atoms with van der Waals surface area (Å²) in [7, 11) is 0. The highest BCUT2D eigenvalue weighted by Crippen LogP contribution is 2.21. The number of hydrogen-bond donors (Lipinski definition) is 5. The van der Waals surface area contributed by atoms with Gasteiger partial charge in [-0.3, -0.25) is 0 Å². The van der Waals surface area contributed by atoms with Crippen molar-refractivity contribution < 1.29 is 20.1 Å². The Hall–Kier alpha value is -0.890. The molecule has 1 aliphatic rings. The number of nitrogens with zero attached hydrogens (tertiary/aromatic N) is 1. The SMILES string of the molecule is NC(N)=N[C@@H]1O[C@H](CO)[C@@H](O)[C@H]1O. The Kier molecular flexibility index (Phi) is 3.04. The third-order valence-corrected chi connectivity index (χ3v) is 1.79. The average molecular weight is 191 g/mol. The molecule has 0 amide bonds. The van der Waals surface area contributed by atoms with Gasteiger partial charge in [0, 0.05) is 0 Å². The van der Waals surface area contributed by atoms with Crippen LogP contribution in [0, 0.1) is 0 Å². The van der Waals surface area contributed by atoms with Gasteiger partial charge < -0.3 is 31.5 Å². The van der Waals surface area contributed by atoms with E-state index in [1.807, 2.05) is 0 Å². The highest BCUT2D eigenvalue weighted by Gasteiger charge is 2.42. The van der Waals surface area contributed by atoms with Gasteiger partial charge in [-0.15, -0.1) is 0 Å². The molecule has 0 radical (unpaired) electrons. The number of nitrogens with two attached hydrogens (primary N) is 2. The van der Waals surface area contributed by atoms with Crippen LogP contribution in [0.5, 0.6) is 0 Å². The molecule has 0 unspecified atom stereocenters. The molecule has 1 aliphatic heterocycles. The Balaban J connectivity index is 2.66. The van der Waals surface area contributed by atoms with Crippen LogP contribution in [-0.4, -0.2) is 52.4 Å². The van der Waals surface area contributed by atoms with Crippen molar-refractivity contribution in [1.82, 2.24) is 0 Å². The lowest BCUT2D eigenvalue weighted by Crippen LogP contribution is -2.34. The second-order valence-corrected chi connectivity index (χ2v) is 2.78. The zero-order valence-corrected chi connectivity index (χ0v) is 6.87. The molecule has 0 aromatic rings. The molecular formula is C6H13N3O4. The van der Waals surface area contributed by atoms with Gasteiger partial charge in [-0.05, 0) is 0 Å². The first-order valence-corrected chi connectivity index (χ1v) is 3.77. The Labute approximate surface area is 74.6 Å². The van der Waals surface area contributed by atoms with Crippen LogP contribution in [0.15, 0.2) is 4.99 Å². The highest BCUT2D eigenvalue weighted by atomic mass is 16.6. The van der Waals surface area contributed by atoms with Crippen LogP contribution in [0.4, 0.5) is 0 Å². The minimum atomic E-state index is -1.21. The van der Waals surface area contributed by atoms with Gasteiger partial charge in [0.05, 0.1) is 6.61 Å². The van der Waals surface area contributed by atoms with Crippen LogP contribution in [0.2, 0.25) is 0 Å². The van der Waals surface area contributed by atoms with Gasteiger partial charge in [0.25, 0.3) is 0 Å². The quantitative estimate of drug-likeness (QED) is 0.229. The fourth-order valence-electron chi connectivity index (χ4n) is 1.13. The van der Waals surface area contributed by atoms with Crippen molar-refractivity contribution in [2.24, 2.45) is 16.5 Å². The molecule has 0 aromatic carbocycles. The fourth-order valence-corrected chi connectivity index (χ4v) is 1.13. The number of aliphatic hydroxyl groups is 3. The van der Waals surface area contributed by atoms with E-state index >= 15 is 0 Å². The van der Waals surface area contributed by atoms with Crippen LogP contribution >= 0.6 is 0 Å². The molecule has 1 fully saturated rings. The number of hydrogen-bond acceptors (Lipinski definition) is 5. The second-order valence-electron chi connectivity index (χ2n) is 2.78. The van der Waals surface area contributed by atoms with E-state index in [2.05, 4.69) is 4.99 Å². The van der Waals surface area contributed by atoms with E-state index in [1.165, 1.54) is 0 Å². The maximum Gasteiger partial charge on any atom is 0.188 e. The van der Waals surface area contributed by atoms with E-state index in [4.69, 9.17) is 21.3 Å². The molecule has 7 N–H and O–H groups in total. The molecule has 0 aliphatic carbocycles. The van der Waals surface area contributed by atoms with Crippen molar-refractivity contribution in [3.8, 4) is 0 Å². The summed E-state index contributed by atoms with van der Waals surface area (Å²) < 4.78 is 4.95. The van der Waals surface area contributed by atoms with Crippen molar-refractivity contribution >= 4 is 5.96 Å². The Bertz CT molecular complexity index is 206. The smallest absolute Gasteiger partial charge is 0.188 e. The molecule has 1 heterocycles. The van der Waals surface area contributed by atoms with Gasteiger partial charge >= 0.3 is 0 Å². The van der Waals surface area contributed by atoms with Crippen LogP contribution in [-0.2, 0) is 4.74 Å². The van der Waals surface area contributed by atoms with Crippen molar-refractivity contribution in [3.05, 3.63) is 0 Å². The van der Waals surface area contributed by atoms with E-state index in [0.29, 0.717) is 0 Å². The van der Waals surface area contributed by atoms with Crippen LogP contribution in [0.3, 0.4) is 0 Å². The summed E-state index contributed by atoms with van der Waals surface area (Å²) in [6, 6.07) is 0. The van der Waals surface area contributed by atoms with E-state index in [-0.39, 0.29) is 5.96 Å². The summed E-state index contributed by atoms with van der Waals surface area (Å²) >= 11 is 0. The molecule has 1 rings (SSSR count). The van der Waals surface area contributed by atoms with Gasteiger partial charge in [-0.2, -0.15) is 0 Å². The Morgan fingerprint density at radius 1 is 1.31 bits per heavy atom. The minimum absolute atomic E-state index is 0.241. The minimum Gasteiger partial charge on any atom is -0.394 e. The van der Waals surface area contributed by atoms with Crippen molar-refractivity contribution in [2.75, 3.05) is 6.61 Å². The standard InChI is InChI=1S/C6H13N3O4/c7-6(8)9-5-4(12)3(11)2(1-10)13-5/h2-5,10-12H,1H2,(H4,7,8,9)/t2-,3-,4-,5-/m1/s1. The van der Waals surface area contributed by atoms with E-state index in [1.54, 1.807) is 0 Å². The number of aliphatic hydroxyl groups excluding tert-OH is 3. The summed E-state index contributed by atoms with van der Waals surface area (Å²) in [5, 5.41) is 27.3. The highest BCUT2D eigenvalue weighted by molar-refractivity contribution is 5.75. The van der Waals surface area contributed by atoms with Gasteiger partial charge in [0.2, 0.25) is 0 Å². The maximum absolute atomic E-state index is 9.30. The molecular weight excluding hydrogens is 178 g/mol. The van der Waals surface area contributed by atoms with Gasteiger partial charge in [0.15, 0.2) is 12.2 Å². The summed E-state index contributed by atoms with van der Waals surface area (Å²) in [6.45, 7) is -0.394. The Morgan fingerprint density at radius 2 is 1.92 bits per heavy atom. The lowest BCUT2D eigenvalue weighted by molar-refractivity contribution is -0.0194. The largest absolute Gasteiger partial charge is 0.394 e. The van der Waals surface area contributed by atoms with E-state index in [9.17, 15) is 10.2 Å². The van der Waals surface area contributed by atoms with Crippen molar-refractivity contribution in [2.45, 2.75) is 24.5 Å². The zero-order valence-electron chi connectivity index (χ0n) is 6.87. The molecule has 1 saturated heterocycles. The number of aliphatic imine (C=N–C) groups is 1. The molecule has 4 atom stereocenters. The van der Waals surface area contributed by atoms with Gasteiger partial charge in [-0.25, -0.2) is 4.99 Å². The molecule has 7 heteroatoms.